The summed E-state index contributed by atoms with van der Waals surface area (Å²) in [7, 11) is 0. The Morgan fingerprint density at radius 3 is 0.881 bits per heavy atom. The molecule has 0 heterocycles. The minimum absolute atomic E-state index is 0.0339. The first-order valence-electron chi connectivity index (χ1n) is 43.4. The molecule has 0 spiro atoms. The zero-order valence-corrected chi connectivity index (χ0v) is 77.6. The highest BCUT2D eigenvalue weighted by Gasteiger charge is 2.36. The molecular formula is C89H145N9O28. The van der Waals surface area contributed by atoms with Gasteiger partial charge in [0.25, 0.3) is 0 Å². The lowest BCUT2D eigenvalue weighted by atomic mass is 9.98. The molecule has 1 aliphatic carbocycles. The molecule has 126 heavy (non-hydrogen) atoms. The lowest BCUT2D eigenvalue weighted by Crippen LogP contribution is -2.53. The smallest absolute Gasteiger partial charge is 0.410 e. The van der Waals surface area contributed by atoms with Gasteiger partial charge in [-0.05, 0) is 198 Å². The van der Waals surface area contributed by atoms with Crippen molar-refractivity contribution >= 4 is 77.6 Å². The molecule has 4 atom stereocenters. The van der Waals surface area contributed by atoms with Gasteiger partial charge in [0.2, 0.25) is 23.6 Å². The number of rotatable bonds is 60. The van der Waals surface area contributed by atoms with Crippen LogP contribution in [-0.4, -0.2) is 292 Å². The monoisotopic (exact) mass is 1790 g/mol. The maximum absolute atomic E-state index is 13.8. The molecule has 0 radical (unpaired) electrons. The van der Waals surface area contributed by atoms with E-state index in [-0.39, 0.29) is 195 Å². The van der Waals surface area contributed by atoms with Gasteiger partial charge in [0, 0.05) is 57.8 Å². The Morgan fingerprint density at radius 2 is 0.579 bits per heavy atom. The Balaban J connectivity index is 1.29. The van der Waals surface area contributed by atoms with E-state index >= 15 is 0 Å². The van der Waals surface area contributed by atoms with Crippen LogP contribution < -0.4 is 42.5 Å². The molecule has 3 rings (SSSR count). The quantitative estimate of drug-likeness (QED) is 0.0179. The minimum atomic E-state index is -1.23. The summed E-state index contributed by atoms with van der Waals surface area (Å²) >= 11 is 0. The Morgan fingerprint density at radius 1 is 0.310 bits per heavy atom. The van der Waals surface area contributed by atoms with Crippen molar-refractivity contribution in [3.8, 4) is 11.1 Å². The van der Waals surface area contributed by atoms with E-state index < -0.39 is 137 Å². The van der Waals surface area contributed by atoms with Gasteiger partial charge in [-0.15, -0.1) is 0 Å². The normalized spacial score (nSPS) is 13.2. The topological polar surface area (TPSA) is 460 Å². The molecule has 0 saturated heterocycles. The van der Waals surface area contributed by atoms with E-state index in [1.807, 2.05) is 48.5 Å². The van der Waals surface area contributed by atoms with Gasteiger partial charge in [0.05, 0.1) is 106 Å². The maximum atomic E-state index is 13.8. The molecule has 8 N–H and O–H groups in total. The van der Waals surface area contributed by atoms with Crippen molar-refractivity contribution in [2.24, 2.45) is 0 Å². The van der Waals surface area contributed by atoms with Gasteiger partial charge < -0.3 is 114 Å². The van der Waals surface area contributed by atoms with E-state index in [2.05, 4.69) is 42.5 Å². The van der Waals surface area contributed by atoms with Gasteiger partial charge in [-0.3, -0.25) is 33.7 Å². The molecule has 2 aromatic carbocycles. The second-order valence-corrected chi connectivity index (χ2v) is 35.8. The SMILES string of the molecule is CC(C)(C)OC(=O)CCC(NC(=O)NC(CCCCNC(=O)CCOCCOCCOCCOCCNC(=O)CN(CC(=O)NCCOCCOCCOCCOCCC(=O)NCCCCC(NC(=O)NC(CCC(=O)OC(C)(C)C)C(=O)OC(C)(C)C)C(=O)OC(C)(C)C)C(=O)OCC1c2ccccc2-c2ccccc21)C(=O)OC(C)(C)C)C(=O)OC(C)(C)C. The number of hydrogen-bond donors (Lipinski definition) is 8. The third-order valence-electron chi connectivity index (χ3n) is 17.2. The first kappa shape index (κ1) is 111. The summed E-state index contributed by atoms with van der Waals surface area (Å²) in [5.74, 6) is -5.88. The second kappa shape index (κ2) is 58.2. The van der Waals surface area contributed by atoms with Crippen molar-refractivity contribution < 1.29 is 133 Å². The number of hydrogen-bond acceptors (Lipinski definition) is 28. The van der Waals surface area contributed by atoms with Crippen LogP contribution in [0.5, 0.6) is 0 Å². The van der Waals surface area contributed by atoms with E-state index in [4.69, 9.17) is 71.1 Å². The molecule has 714 valence electrons. The number of fused-ring (bicyclic) bond motifs is 3. The van der Waals surface area contributed by atoms with Crippen molar-refractivity contribution in [2.75, 3.05) is 152 Å². The molecule has 4 unspecified atom stereocenters. The van der Waals surface area contributed by atoms with E-state index in [0.29, 0.717) is 38.8 Å². The van der Waals surface area contributed by atoms with Crippen molar-refractivity contribution in [3.63, 3.8) is 0 Å². The molecule has 2 aromatic rings. The van der Waals surface area contributed by atoms with Crippen molar-refractivity contribution in [1.29, 1.82) is 0 Å². The Labute approximate surface area is 743 Å². The summed E-state index contributed by atoms with van der Waals surface area (Å²) in [5.41, 5.74) is -0.960. The first-order chi connectivity index (χ1) is 59.2. The van der Waals surface area contributed by atoms with E-state index in [9.17, 15) is 62.3 Å². The number of benzene rings is 2. The average molecular weight is 1790 g/mol. The van der Waals surface area contributed by atoms with Crippen LogP contribution in [0.3, 0.4) is 0 Å². The Hall–Kier alpha value is -9.37. The number of nitrogens with zero attached hydrogens (tertiary/aromatic N) is 1. The fraction of sp³-hybridized carbons (Fsp3) is 0.719. The van der Waals surface area contributed by atoms with Gasteiger partial charge in [0.15, 0.2) is 0 Å². The molecule has 1 aliphatic rings. The molecule has 0 saturated carbocycles. The molecule has 0 aliphatic heterocycles. The maximum Gasteiger partial charge on any atom is 0.410 e. The summed E-state index contributed by atoms with van der Waals surface area (Å²) in [6.07, 6.45) is 0.795. The fourth-order valence-electron chi connectivity index (χ4n) is 11.8. The largest absolute Gasteiger partial charge is 0.460 e. The molecule has 0 fully saturated rings. The summed E-state index contributed by atoms with van der Waals surface area (Å²) in [4.78, 5) is 171. The number of unbranched alkanes of at least 4 members (excludes halogenated alkanes) is 2. The van der Waals surface area contributed by atoms with Gasteiger partial charge in [-0.2, -0.15) is 0 Å². The zero-order valence-electron chi connectivity index (χ0n) is 77.6. The van der Waals surface area contributed by atoms with Crippen LogP contribution in [0.25, 0.3) is 11.1 Å². The summed E-state index contributed by atoms with van der Waals surface area (Å²) in [6, 6.07) is 9.37. The van der Waals surface area contributed by atoms with Crippen molar-refractivity contribution in [2.45, 2.75) is 265 Å². The molecule has 37 nitrogen and oxygen atoms in total. The third-order valence-corrected chi connectivity index (χ3v) is 17.2. The number of amides is 9. The average Bonchev–Trinajstić information content (AvgIpc) is 1.61. The number of urea groups is 2. The van der Waals surface area contributed by atoms with Crippen LogP contribution in [0.4, 0.5) is 14.4 Å². The first-order valence-corrected chi connectivity index (χ1v) is 43.4. The second-order valence-electron chi connectivity index (χ2n) is 35.8. The van der Waals surface area contributed by atoms with Crippen LogP contribution in [0.2, 0.25) is 0 Å². The van der Waals surface area contributed by atoms with Gasteiger partial charge in [-0.25, -0.2) is 33.6 Å². The molecular weight excluding hydrogens is 1640 g/mol. The van der Waals surface area contributed by atoms with Crippen molar-refractivity contribution in [1.82, 2.24) is 47.4 Å². The lowest BCUT2D eigenvalue weighted by Gasteiger charge is -2.27. The Kier molecular flexibility index (Phi) is 51.1. The summed E-state index contributed by atoms with van der Waals surface area (Å²) < 4.78 is 83.4. The van der Waals surface area contributed by atoms with E-state index in [1.54, 1.807) is 125 Å². The summed E-state index contributed by atoms with van der Waals surface area (Å²) in [5, 5.41) is 21.4. The predicted octanol–water partition coefficient (Wildman–Crippen LogP) is 7.64. The van der Waals surface area contributed by atoms with Gasteiger partial charge in [-0.1, -0.05) is 48.5 Å². The lowest BCUT2D eigenvalue weighted by molar-refractivity contribution is -0.160. The molecule has 0 aromatic heterocycles. The standard InChI is InChI=1S/C89H145N9O28/c1-84(2,3)121-75(103)35-33-69(79(107)125-88(13,14)15)96-81(109)94-67(77(105)123-86(7,8)9)31-23-25-39-90-71(99)37-43-112-47-51-116-55-57-118-53-49-114-45-41-92-73(101)59-98(83(111)120-61-66-64-29-21-19-27-62(64)63-28-20-22-30-65(63)66)60-74(102)93-42-46-115-50-54-119-58-56-117-52-48-113-44-38-72(100)91-40-26-24-32-68(78(106)124-87(10,11)12)95-82(110)97-70(80(108)126-89(16,17)18)34-36-76(104)122-85(4,5)6/h19-22,27-30,66-70H,23-26,31-61H2,1-18H3,(H,90,99)(H,91,100)(H,92,101)(H,93,102)(H2,94,96,109)(H2,95,97,110). The van der Waals surface area contributed by atoms with E-state index in [1.165, 1.54) is 0 Å². The van der Waals surface area contributed by atoms with Gasteiger partial charge in [0.1, 0.15) is 77.5 Å². The minimum Gasteiger partial charge on any atom is -0.460 e. The van der Waals surface area contributed by atoms with Crippen LogP contribution >= 0.6 is 0 Å². The zero-order chi connectivity index (χ0) is 93.9. The Bertz CT molecular complexity index is 3450. The van der Waals surface area contributed by atoms with Crippen molar-refractivity contribution in [3.05, 3.63) is 59.7 Å². The van der Waals surface area contributed by atoms with E-state index in [0.717, 1.165) is 27.2 Å². The highest BCUT2D eigenvalue weighted by atomic mass is 16.6. The number of ether oxygens (including phenoxy) is 15. The molecule has 37 heteroatoms. The fourth-order valence-corrected chi connectivity index (χ4v) is 11.8. The van der Waals surface area contributed by atoms with Crippen LogP contribution in [-0.2, 0) is 119 Å². The van der Waals surface area contributed by atoms with Crippen LogP contribution in [0.15, 0.2) is 48.5 Å². The molecule has 9 amide bonds. The number of carbonyl (C=O) groups excluding carboxylic acids is 13. The number of esters is 6. The summed E-state index contributed by atoms with van der Waals surface area (Å²) in [6.45, 7) is 33.7. The third kappa shape index (κ3) is 54.0. The van der Waals surface area contributed by atoms with Crippen LogP contribution in [0.1, 0.15) is 219 Å². The van der Waals surface area contributed by atoms with Crippen LogP contribution in [0, 0.1) is 0 Å². The number of carbonyl (C=O) groups is 13. The van der Waals surface area contributed by atoms with Gasteiger partial charge >= 0.3 is 54.0 Å². The predicted molar refractivity (Wildman–Crippen MR) is 464 cm³/mol. The number of nitrogens with one attached hydrogen (secondary N) is 8. The molecule has 0 bridgehead atoms. The highest BCUT2D eigenvalue weighted by molar-refractivity contribution is 5.90. The highest BCUT2D eigenvalue weighted by Crippen LogP contribution is 2.44.